The number of primary amides is 1. The molecule has 0 spiro atoms. The fourth-order valence-corrected chi connectivity index (χ4v) is 8.27. The molecule has 6 aromatic rings. The van der Waals surface area contributed by atoms with Crippen molar-refractivity contribution in [2.75, 3.05) is 42.7 Å². The predicted molar refractivity (Wildman–Crippen MR) is 230 cm³/mol. The van der Waals surface area contributed by atoms with Crippen molar-refractivity contribution in [2.24, 2.45) is 5.73 Å². The lowest BCUT2D eigenvalue weighted by Gasteiger charge is -2.36. The first kappa shape index (κ1) is 41.8. The van der Waals surface area contributed by atoms with Gasteiger partial charge in [-0.1, -0.05) is 47.5 Å². The van der Waals surface area contributed by atoms with Crippen LogP contribution in [-0.2, 0) is 0 Å². The lowest BCUT2D eigenvalue weighted by Crippen LogP contribution is -2.36. The minimum absolute atomic E-state index is 0.164. The number of carbonyl (C=O) groups excluding carboxylic acids is 2. The SMILES string of the molecule is COc1cc2c(OC)c(-c3c(C)cc4c(C(=O)N(C(C)c5ccc(Cl)cc5)C(C)c5ccc(Cl)cc5)c(OC)c(OC)cc4c3OC)c(C)cc2c(C(N)=O)c1OC. The van der Waals surface area contributed by atoms with E-state index in [1.54, 1.807) is 20.3 Å². The van der Waals surface area contributed by atoms with E-state index >= 15 is 4.79 Å². The molecule has 2 unspecified atom stereocenters. The van der Waals surface area contributed by atoms with Crippen LogP contribution in [0.5, 0.6) is 34.5 Å². The van der Waals surface area contributed by atoms with Crippen molar-refractivity contribution in [1.29, 1.82) is 0 Å². The van der Waals surface area contributed by atoms with Crippen LogP contribution in [0.3, 0.4) is 0 Å². The molecule has 0 aliphatic heterocycles. The third-order valence-electron chi connectivity index (χ3n) is 10.8. The molecule has 0 saturated carbocycles. The maximum Gasteiger partial charge on any atom is 0.259 e. The van der Waals surface area contributed by atoms with Crippen molar-refractivity contribution >= 4 is 56.6 Å². The van der Waals surface area contributed by atoms with E-state index in [4.69, 9.17) is 57.4 Å². The third kappa shape index (κ3) is 7.16. The van der Waals surface area contributed by atoms with Crippen LogP contribution in [0.15, 0.2) is 72.8 Å². The van der Waals surface area contributed by atoms with Gasteiger partial charge in [0.1, 0.15) is 11.5 Å². The summed E-state index contributed by atoms with van der Waals surface area (Å²) >= 11 is 12.6. The van der Waals surface area contributed by atoms with E-state index in [1.165, 1.54) is 28.4 Å². The molecular weight excluding hydrogens is 779 g/mol. The van der Waals surface area contributed by atoms with Gasteiger partial charge in [0.2, 0.25) is 0 Å². The monoisotopic (exact) mass is 824 g/mol. The average molecular weight is 826 g/mol. The van der Waals surface area contributed by atoms with Crippen molar-refractivity contribution in [3.63, 3.8) is 0 Å². The Balaban J connectivity index is 1.68. The number of ether oxygens (including phenoxy) is 6. The Hall–Kier alpha value is -5.84. The molecular formula is C46H46Cl2N2O8. The Kier molecular flexibility index (Phi) is 12.2. The summed E-state index contributed by atoms with van der Waals surface area (Å²) in [6.45, 7) is 7.82. The normalized spacial score (nSPS) is 12.2. The van der Waals surface area contributed by atoms with Crippen LogP contribution >= 0.6 is 23.2 Å². The van der Waals surface area contributed by atoms with Gasteiger partial charge in [0.15, 0.2) is 23.0 Å². The number of carbonyl (C=O) groups is 2. The molecule has 0 fully saturated rings. The largest absolute Gasteiger partial charge is 0.495 e. The van der Waals surface area contributed by atoms with Crippen LogP contribution in [0, 0.1) is 13.8 Å². The molecule has 0 aliphatic rings. The van der Waals surface area contributed by atoms with E-state index in [9.17, 15) is 4.79 Å². The van der Waals surface area contributed by atoms with Gasteiger partial charge in [0.05, 0.1) is 65.9 Å². The van der Waals surface area contributed by atoms with Crippen molar-refractivity contribution in [3.8, 4) is 45.6 Å². The molecule has 6 rings (SSSR count). The van der Waals surface area contributed by atoms with Gasteiger partial charge >= 0.3 is 0 Å². The van der Waals surface area contributed by atoms with Crippen LogP contribution in [0.1, 0.15) is 68.9 Å². The number of aryl methyl sites for hydroxylation is 2. The molecule has 2 N–H and O–H groups in total. The quantitative estimate of drug-likeness (QED) is 0.122. The van der Waals surface area contributed by atoms with Gasteiger partial charge in [-0.2, -0.15) is 0 Å². The second-order valence-electron chi connectivity index (χ2n) is 13.9. The minimum atomic E-state index is -0.683. The Labute approximate surface area is 348 Å². The molecule has 0 saturated heterocycles. The van der Waals surface area contributed by atoms with Gasteiger partial charge in [-0.05, 0) is 98.5 Å². The highest BCUT2D eigenvalue weighted by molar-refractivity contribution is 6.30. The van der Waals surface area contributed by atoms with Gasteiger partial charge in [-0.25, -0.2) is 0 Å². The number of fused-ring (bicyclic) bond motifs is 2. The molecule has 302 valence electrons. The fraction of sp³-hybridized carbons (Fsp3) is 0.261. The first-order chi connectivity index (χ1) is 27.8. The van der Waals surface area contributed by atoms with Crippen molar-refractivity contribution in [2.45, 2.75) is 39.8 Å². The molecule has 12 heteroatoms. The van der Waals surface area contributed by atoms with Crippen molar-refractivity contribution in [1.82, 2.24) is 4.90 Å². The van der Waals surface area contributed by atoms with Gasteiger partial charge in [0.25, 0.3) is 11.8 Å². The number of amides is 2. The molecule has 6 aromatic carbocycles. The Morgan fingerprint density at radius 2 is 0.897 bits per heavy atom. The second kappa shape index (κ2) is 16.9. The molecule has 10 nitrogen and oxygen atoms in total. The summed E-state index contributed by atoms with van der Waals surface area (Å²) in [4.78, 5) is 30.3. The summed E-state index contributed by atoms with van der Waals surface area (Å²) in [5.74, 6) is 1.06. The van der Waals surface area contributed by atoms with Crippen LogP contribution in [0.4, 0.5) is 0 Å². The zero-order valence-corrected chi connectivity index (χ0v) is 35.6. The lowest BCUT2D eigenvalue weighted by molar-refractivity contribution is 0.0602. The topological polar surface area (TPSA) is 119 Å². The third-order valence-corrected chi connectivity index (χ3v) is 11.3. The Bertz CT molecular complexity index is 2510. The van der Waals surface area contributed by atoms with Crippen molar-refractivity contribution < 1.29 is 38.0 Å². The van der Waals surface area contributed by atoms with E-state index in [0.29, 0.717) is 65.7 Å². The number of nitrogens with two attached hydrogens (primary N) is 1. The summed E-state index contributed by atoms with van der Waals surface area (Å²) in [5.41, 5.74) is 11.1. The predicted octanol–water partition coefficient (Wildman–Crippen LogP) is 10.7. The first-order valence-corrected chi connectivity index (χ1v) is 19.2. The van der Waals surface area contributed by atoms with Gasteiger partial charge in [-0.15, -0.1) is 0 Å². The first-order valence-electron chi connectivity index (χ1n) is 18.4. The minimum Gasteiger partial charge on any atom is -0.495 e. The maximum absolute atomic E-state index is 15.6. The number of nitrogens with zero attached hydrogens (tertiary/aromatic N) is 1. The highest BCUT2D eigenvalue weighted by Crippen LogP contribution is 2.52. The molecule has 0 aromatic heterocycles. The highest BCUT2D eigenvalue weighted by Gasteiger charge is 2.35. The number of halogens is 2. The molecule has 0 heterocycles. The maximum atomic E-state index is 15.6. The van der Waals surface area contributed by atoms with E-state index in [2.05, 4.69) is 0 Å². The van der Waals surface area contributed by atoms with E-state index in [-0.39, 0.29) is 28.5 Å². The summed E-state index contributed by atoms with van der Waals surface area (Å²) in [6.07, 6.45) is 0. The molecule has 0 radical (unpaired) electrons. The summed E-state index contributed by atoms with van der Waals surface area (Å²) in [5, 5.41) is 3.45. The molecule has 0 aliphatic carbocycles. The van der Waals surface area contributed by atoms with Gasteiger partial charge in [-0.3, -0.25) is 9.59 Å². The Morgan fingerprint density at radius 3 is 1.24 bits per heavy atom. The van der Waals surface area contributed by atoms with E-state index < -0.39 is 18.0 Å². The Morgan fingerprint density at radius 1 is 0.534 bits per heavy atom. The van der Waals surface area contributed by atoms with Crippen molar-refractivity contribution in [3.05, 3.63) is 116 Å². The zero-order chi connectivity index (χ0) is 42.2. The van der Waals surface area contributed by atoms with Crippen LogP contribution in [0.2, 0.25) is 10.0 Å². The number of benzene rings is 6. The van der Waals surface area contributed by atoms with E-state index in [0.717, 1.165) is 22.3 Å². The van der Waals surface area contributed by atoms with Crippen LogP contribution in [-0.4, -0.2) is 59.4 Å². The lowest BCUT2D eigenvalue weighted by atomic mass is 9.87. The highest BCUT2D eigenvalue weighted by atomic mass is 35.5. The van der Waals surface area contributed by atoms with Gasteiger partial charge < -0.3 is 39.1 Å². The van der Waals surface area contributed by atoms with E-state index in [1.807, 2.05) is 99.3 Å². The number of hydrogen-bond donors (Lipinski definition) is 1. The van der Waals surface area contributed by atoms with Gasteiger partial charge in [0, 0.05) is 42.7 Å². The molecule has 2 amide bonds. The summed E-state index contributed by atoms with van der Waals surface area (Å²) < 4.78 is 35.7. The van der Waals surface area contributed by atoms with Crippen LogP contribution < -0.4 is 34.2 Å². The fourth-order valence-electron chi connectivity index (χ4n) is 8.02. The molecule has 2 atom stereocenters. The summed E-state index contributed by atoms with van der Waals surface area (Å²) in [7, 11) is 9.12. The summed E-state index contributed by atoms with van der Waals surface area (Å²) in [6, 6.07) is 21.5. The molecule has 0 bridgehead atoms. The van der Waals surface area contributed by atoms with Crippen LogP contribution in [0.25, 0.3) is 32.7 Å². The number of rotatable bonds is 13. The molecule has 58 heavy (non-hydrogen) atoms. The smallest absolute Gasteiger partial charge is 0.259 e. The standard InChI is InChI=1S/C46H46Cl2N2O8/c1-23-19-31-33(21-35(53-5)43(57-9)39(31)45(49)51)41(55-7)37(23)38-24(2)20-32-34(42(38)56-8)22-36(54-6)44(58-10)40(32)46(52)50(25(3)27-11-15-29(47)16-12-27)26(4)28-13-17-30(48)18-14-28/h11-22,25-26H,1-10H3,(H2,49,51). The number of hydrogen-bond acceptors (Lipinski definition) is 8. The second-order valence-corrected chi connectivity index (χ2v) is 14.8. The number of methoxy groups -OCH3 is 6. The average Bonchev–Trinajstić information content (AvgIpc) is 3.21. The zero-order valence-electron chi connectivity index (χ0n) is 34.1.